The number of phenolic OH excluding ortho intramolecular Hbond substituents is 1. The van der Waals surface area contributed by atoms with E-state index in [4.69, 9.17) is 5.73 Å². The van der Waals surface area contributed by atoms with E-state index in [0.717, 1.165) is 18.2 Å². The second kappa shape index (κ2) is 5.78. The number of halogens is 2. The summed E-state index contributed by atoms with van der Waals surface area (Å²) in [6, 6.07) is 6.58. The van der Waals surface area contributed by atoms with Gasteiger partial charge in [0, 0.05) is 11.1 Å². The monoisotopic (exact) mass is 292 g/mol. The number of primary amides is 1. The first-order chi connectivity index (χ1) is 9.88. The molecule has 0 bridgehead atoms. The van der Waals surface area contributed by atoms with Crippen molar-refractivity contribution in [1.29, 1.82) is 0 Å². The lowest BCUT2D eigenvalue weighted by molar-refractivity contribution is 0.100. The zero-order chi connectivity index (χ0) is 15.6. The maximum Gasteiger partial charge on any atom is 0.248 e. The van der Waals surface area contributed by atoms with E-state index in [2.05, 4.69) is 5.32 Å². The zero-order valence-corrected chi connectivity index (χ0v) is 11.2. The van der Waals surface area contributed by atoms with E-state index in [9.17, 15) is 18.7 Å². The van der Waals surface area contributed by atoms with Gasteiger partial charge in [0.15, 0.2) is 0 Å². The van der Waals surface area contributed by atoms with Crippen LogP contribution in [0.3, 0.4) is 0 Å². The number of carbonyl (C=O) groups excluding carboxylic acids is 1. The van der Waals surface area contributed by atoms with Crippen molar-refractivity contribution in [2.75, 3.05) is 5.32 Å². The third-order valence-corrected chi connectivity index (χ3v) is 3.08. The van der Waals surface area contributed by atoms with Gasteiger partial charge in [-0.05, 0) is 43.3 Å². The van der Waals surface area contributed by atoms with E-state index in [-0.39, 0.29) is 22.6 Å². The Balaban J connectivity index is 2.31. The molecule has 1 atom stereocenters. The highest BCUT2D eigenvalue weighted by Crippen LogP contribution is 2.28. The molecule has 4 nitrogen and oxygen atoms in total. The molecule has 0 aliphatic rings. The number of aromatic hydroxyl groups is 1. The number of nitrogens with one attached hydrogen (secondary N) is 1. The Hall–Kier alpha value is -2.63. The Labute approximate surface area is 120 Å². The molecular formula is C15H14F2N2O2. The van der Waals surface area contributed by atoms with Gasteiger partial charge in [0.1, 0.15) is 17.4 Å². The number of rotatable bonds is 4. The topological polar surface area (TPSA) is 75.3 Å². The van der Waals surface area contributed by atoms with Crippen LogP contribution in [-0.2, 0) is 0 Å². The number of hydrogen-bond donors (Lipinski definition) is 3. The van der Waals surface area contributed by atoms with E-state index in [1.54, 1.807) is 6.92 Å². The third-order valence-electron chi connectivity index (χ3n) is 3.08. The van der Waals surface area contributed by atoms with Crippen molar-refractivity contribution in [3.05, 3.63) is 59.2 Å². The fraction of sp³-hybridized carbons (Fsp3) is 0.133. The molecule has 0 saturated carbocycles. The average Bonchev–Trinajstić information content (AvgIpc) is 2.43. The molecule has 21 heavy (non-hydrogen) atoms. The minimum absolute atomic E-state index is 0.0439. The number of phenols is 1. The minimum Gasteiger partial charge on any atom is -0.508 e. The molecule has 0 aliphatic carbocycles. The standard InChI is InChI=1S/C15H14F2N2O2/c1-8(11-7-10(16)3-5-14(11)20)19-13-6-9(15(18)21)2-4-12(13)17/h2-8,19-20H,1H3,(H2,18,21). The van der Waals surface area contributed by atoms with Crippen molar-refractivity contribution in [1.82, 2.24) is 0 Å². The normalized spacial score (nSPS) is 12.0. The van der Waals surface area contributed by atoms with Crippen LogP contribution in [-0.4, -0.2) is 11.0 Å². The van der Waals surface area contributed by atoms with E-state index < -0.39 is 23.6 Å². The van der Waals surface area contributed by atoms with Crippen molar-refractivity contribution in [3.8, 4) is 5.75 Å². The Morgan fingerprint density at radius 1 is 1.24 bits per heavy atom. The lowest BCUT2D eigenvalue weighted by atomic mass is 10.1. The van der Waals surface area contributed by atoms with Crippen LogP contribution in [0.15, 0.2) is 36.4 Å². The van der Waals surface area contributed by atoms with Crippen LogP contribution in [0.5, 0.6) is 5.75 Å². The van der Waals surface area contributed by atoms with Crippen molar-refractivity contribution in [3.63, 3.8) is 0 Å². The van der Waals surface area contributed by atoms with Gasteiger partial charge in [0.2, 0.25) is 5.91 Å². The molecule has 1 unspecified atom stereocenters. The van der Waals surface area contributed by atoms with Crippen LogP contribution in [0.25, 0.3) is 0 Å². The highest BCUT2D eigenvalue weighted by Gasteiger charge is 2.14. The van der Waals surface area contributed by atoms with Gasteiger partial charge >= 0.3 is 0 Å². The lowest BCUT2D eigenvalue weighted by Crippen LogP contribution is -2.13. The van der Waals surface area contributed by atoms with Crippen LogP contribution in [0.1, 0.15) is 28.9 Å². The summed E-state index contributed by atoms with van der Waals surface area (Å²) < 4.78 is 27.0. The van der Waals surface area contributed by atoms with Gasteiger partial charge in [0.05, 0.1) is 11.7 Å². The number of anilines is 1. The van der Waals surface area contributed by atoms with Crippen LogP contribution in [0.4, 0.5) is 14.5 Å². The molecule has 6 heteroatoms. The summed E-state index contributed by atoms with van der Waals surface area (Å²) >= 11 is 0. The third kappa shape index (κ3) is 3.28. The summed E-state index contributed by atoms with van der Waals surface area (Å²) in [6.07, 6.45) is 0. The first-order valence-electron chi connectivity index (χ1n) is 6.23. The lowest BCUT2D eigenvalue weighted by Gasteiger charge is -2.18. The summed E-state index contributed by atoms with van der Waals surface area (Å²) in [5, 5.41) is 12.5. The average molecular weight is 292 g/mol. The smallest absolute Gasteiger partial charge is 0.248 e. The molecule has 0 spiro atoms. The largest absolute Gasteiger partial charge is 0.508 e. The van der Waals surface area contributed by atoms with Crippen molar-refractivity contribution >= 4 is 11.6 Å². The molecule has 0 radical (unpaired) electrons. The fourth-order valence-electron chi connectivity index (χ4n) is 1.97. The molecule has 2 aromatic rings. The maximum atomic E-state index is 13.7. The van der Waals surface area contributed by atoms with E-state index in [1.807, 2.05) is 0 Å². The van der Waals surface area contributed by atoms with Gasteiger partial charge in [-0.15, -0.1) is 0 Å². The van der Waals surface area contributed by atoms with Gasteiger partial charge in [-0.25, -0.2) is 8.78 Å². The first-order valence-corrected chi connectivity index (χ1v) is 6.23. The summed E-state index contributed by atoms with van der Waals surface area (Å²) in [5.74, 6) is -1.88. The van der Waals surface area contributed by atoms with Gasteiger partial charge in [-0.1, -0.05) is 0 Å². The Kier molecular flexibility index (Phi) is 4.07. The molecule has 1 amide bonds. The molecular weight excluding hydrogens is 278 g/mol. The summed E-state index contributed by atoms with van der Waals surface area (Å²) in [7, 11) is 0. The predicted octanol–water partition coefficient (Wildman–Crippen LogP) is 2.94. The number of benzene rings is 2. The van der Waals surface area contributed by atoms with Crippen LogP contribution in [0.2, 0.25) is 0 Å². The minimum atomic E-state index is -0.681. The van der Waals surface area contributed by atoms with Gasteiger partial charge in [-0.3, -0.25) is 4.79 Å². The van der Waals surface area contributed by atoms with Crippen LogP contribution < -0.4 is 11.1 Å². The zero-order valence-electron chi connectivity index (χ0n) is 11.2. The highest BCUT2D eigenvalue weighted by molar-refractivity contribution is 5.93. The Morgan fingerprint density at radius 2 is 1.95 bits per heavy atom. The van der Waals surface area contributed by atoms with Gasteiger partial charge < -0.3 is 16.2 Å². The van der Waals surface area contributed by atoms with Crippen LogP contribution in [0, 0.1) is 11.6 Å². The number of amides is 1. The Bertz CT molecular complexity index is 689. The van der Waals surface area contributed by atoms with Crippen molar-refractivity contribution in [2.45, 2.75) is 13.0 Å². The van der Waals surface area contributed by atoms with Crippen LogP contribution >= 0.6 is 0 Å². The fourth-order valence-corrected chi connectivity index (χ4v) is 1.97. The Morgan fingerprint density at radius 3 is 2.62 bits per heavy atom. The van der Waals surface area contributed by atoms with E-state index in [1.165, 1.54) is 18.2 Å². The highest BCUT2D eigenvalue weighted by atomic mass is 19.1. The molecule has 0 fully saturated rings. The second-order valence-electron chi connectivity index (χ2n) is 4.63. The SMILES string of the molecule is CC(Nc1cc(C(N)=O)ccc1F)c1cc(F)ccc1O. The van der Waals surface area contributed by atoms with Gasteiger partial charge in [-0.2, -0.15) is 0 Å². The first kappa shape index (κ1) is 14.8. The molecule has 2 rings (SSSR count). The second-order valence-corrected chi connectivity index (χ2v) is 4.63. The summed E-state index contributed by atoms with van der Waals surface area (Å²) in [6.45, 7) is 1.63. The molecule has 2 aromatic carbocycles. The molecule has 110 valence electrons. The van der Waals surface area contributed by atoms with E-state index >= 15 is 0 Å². The molecule has 0 saturated heterocycles. The number of nitrogens with two attached hydrogens (primary N) is 1. The summed E-state index contributed by atoms with van der Waals surface area (Å²) in [4.78, 5) is 11.1. The number of carbonyl (C=O) groups is 1. The number of hydrogen-bond acceptors (Lipinski definition) is 3. The van der Waals surface area contributed by atoms with Crippen molar-refractivity contribution < 1.29 is 18.7 Å². The molecule has 0 aromatic heterocycles. The molecule has 4 N–H and O–H groups in total. The van der Waals surface area contributed by atoms with Crippen molar-refractivity contribution in [2.24, 2.45) is 5.73 Å². The van der Waals surface area contributed by atoms with Gasteiger partial charge in [0.25, 0.3) is 0 Å². The summed E-state index contributed by atoms with van der Waals surface area (Å²) in [5.41, 5.74) is 5.61. The maximum absolute atomic E-state index is 13.7. The molecule has 0 aliphatic heterocycles. The molecule has 0 heterocycles. The quantitative estimate of drug-likeness (QED) is 0.811. The predicted molar refractivity (Wildman–Crippen MR) is 75.0 cm³/mol. The van der Waals surface area contributed by atoms with E-state index in [0.29, 0.717) is 0 Å².